The molecule has 140 valence electrons. The maximum absolute atomic E-state index is 12.5. The molecular formula is C13H24ClN3O7. The van der Waals surface area contributed by atoms with E-state index in [4.69, 9.17) is 16.3 Å². The molecule has 10 nitrogen and oxygen atoms in total. The summed E-state index contributed by atoms with van der Waals surface area (Å²) in [5.74, 6) is -0.0902. The molecule has 24 heavy (non-hydrogen) atoms. The summed E-state index contributed by atoms with van der Waals surface area (Å²) in [6.45, 7) is 2.91. The van der Waals surface area contributed by atoms with Crippen LogP contribution in [-0.2, 0) is 4.74 Å². The molecule has 0 unspecified atom stereocenters. The number of halogens is 1. The van der Waals surface area contributed by atoms with Gasteiger partial charge in [-0.2, -0.15) is 5.01 Å². The summed E-state index contributed by atoms with van der Waals surface area (Å²) in [6.07, 6.45) is -7.33. The van der Waals surface area contributed by atoms with Crippen LogP contribution in [0.3, 0.4) is 0 Å². The van der Waals surface area contributed by atoms with Gasteiger partial charge >= 0.3 is 6.03 Å². The average Bonchev–Trinajstić information content (AvgIpc) is 2.55. The predicted molar refractivity (Wildman–Crippen MR) is 83.9 cm³/mol. The summed E-state index contributed by atoms with van der Waals surface area (Å²) in [6, 6.07) is -0.858. The third-order valence-electron chi connectivity index (χ3n) is 3.60. The molecule has 1 fully saturated rings. The topological polar surface area (TPSA) is 143 Å². The Kier molecular flexibility index (Phi) is 8.27. The Labute approximate surface area is 144 Å². The van der Waals surface area contributed by atoms with E-state index < -0.39 is 43.3 Å². The molecular weight excluding hydrogens is 346 g/mol. The monoisotopic (exact) mass is 369 g/mol. The van der Waals surface area contributed by atoms with Crippen molar-refractivity contribution in [3.05, 3.63) is 4.91 Å². The minimum absolute atomic E-state index is 0.0261. The second kappa shape index (κ2) is 9.44. The van der Waals surface area contributed by atoms with Gasteiger partial charge in [0.1, 0.15) is 24.4 Å². The Morgan fingerprint density at radius 3 is 2.33 bits per heavy atom. The van der Waals surface area contributed by atoms with Crippen LogP contribution in [0.15, 0.2) is 5.29 Å². The van der Waals surface area contributed by atoms with Crippen molar-refractivity contribution in [2.75, 3.05) is 25.6 Å². The van der Waals surface area contributed by atoms with Crippen LogP contribution >= 0.6 is 11.6 Å². The molecule has 1 heterocycles. The summed E-state index contributed by atoms with van der Waals surface area (Å²) < 4.78 is 5.38. The van der Waals surface area contributed by atoms with Gasteiger partial charge in [-0.1, -0.05) is 13.8 Å². The first-order valence-corrected chi connectivity index (χ1v) is 8.09. The lowest BCUT2D eigenvalue weighted by molar-refractivity contribution is -0.259. The van der Waals surface area contributed by atoms with Crippen molar-refractivity contribution < 1.29 is 30.0 Å². The zero-order chi connectivity index (χ0) is 18.4. The minimum atomic E-state index is -1.63. The van der Waals surface area contributed by atoms with Crippen LogP contribution in [0.1, 0.15) is 13.8 Å². The first kappa shape index (κ1) is 21.0. The van der Waals surface area contributed by atoms with Gasteiger partial charge in [0.15, 0.2) is 6.23 Å². The van der Waals surface area contributed by atoms with Crippen LogP contribution in [0.25, 0.3) is 0 Å². The van der Waals surface area contributed by atoms with Crippen molar-refractivity contribution in [3.8, 4) is 0 Å². The molecule has 0 aliphatic carbocycles. The summed E-state index contributed by atoms with van der Waals surface area (Å²) in [4.78, 5) is 24.4. The third kappa shape index (κ3) is 4.74. The summed E-state index contributed by atoms with van der Waals surface area (Å²) >= 11 is 5.53. The maximum atomic E-state index is 12.5. The number of alkyl halides is 1. The third-order valence-corrected chi connectivity index (χ3v) is 3.77. The van der Waals surface area contributed by atoms with Gasteiger partial charge in [0.25, 0.3) is 0 Å². The quantitative estimate of drug-likeness (QED) is 0.258. The molecule has 0 aromatic rings. The summed E-state index contributed by atoms with van der Waals surface area (Å²) in [5, 5.41) is 42.3. The molecule has 0 aromatic carbocycles. The van der Waals surface area contributed by atoms with Crippen LogP contribution in [0.4, 0.5) is 4.79 Å². The van der Waals surface area contributed by atoms with Crippen molar-refractivity contribution in [1.29, 1.82) is 0 Å². The van der Waals surface area contributed by atoms with E-state index in [2.05, 4.69) is 5.29 Å². The molecule has 0 spiro atoms. The minimum Gasteiger partial charge on any atom is -0.394 e. The van der Waals surface area contributed by atoms with Crippen molar-refractivity contribution in [2.24, 2.45) is 11.2 Å². The average molecular weight is 370 g/mol. The molecule has 1 aliphatic heterocycles. The second-order valence-electron chi connectivity index (χ2n) is 5.94. The maximum Gasteiger partial charge on any atom is 0.345 e. The Morgan fingerprint density at radius 1 is 1.25 bits per heavy atom. The normalized spacial score (nSPS) is 30.2. The largest absolute Gasteiger partial charge is 0.394 e. The number of carbonyl (C=O) groups excluding carboxylic acids is 1. The van der Waals surface area contributed by atoms with E-state index in [-0.39, 0.29) is 24.9 Å². The zero-order valence-electron chi connectivity index (χ0n) is 13.5. The van der Waals surface area contributed by atoms with Crippen LogP contribution in [0.5, 0.6) is 0 Å². The first-order valence-electron chi connectivity index (χ1n) is 7.56. The summed E-state index contributed by atoms with van der Waals surface area (Å²) in [7, 11) is 0. The van der Waals surface area contributed by atoms with Gasteiger partial charge < -0.3 is 25.2 Å². The van der Waals surface area contributed by atoms with Crippen molar-refractivity contribution in [3.63, 3.8) is 0 Å². The lowest BCUT2D eigenvalue weighted by atomic mass is 9.97. The van der Waals surface area contributed by atoms with Gasteiger partial charge in [0, 0.05) is 12.4 Å². The van der Waals surface area contributed by atoms with E-state index in [1.165, 1.54) is 0 Å². The fourth-order valence-corrected chi connectivity index (χ4v) is 2.58. The Bertz CT molecular complexity index is 426. The molecule has 1 aliphatic rings. The molecule has 1 saturated heterocycles. The smallest absolute Gasteiger partial charge is 0.345 e. The molecule has 1 rings (SSSR count). The van der Waals surface area contributed by atoms with Crippen molar-refractivity contribution in [1.82, 2.24) is 9.91 Å². The van der Waals surface area contributed by atoms with Gasteiger partial charge in [0.2, 0.25) is 0 Å². The van der Waals surface area contributed by atoms with Crippen LogP contribution in [-0.4, -0.2) is 92.6 Å². The van der Waals surface area contributed by atoms with Crippen molar-refractivity contribution in [2.45, 2.75) is 44.5 Å². The molecule has 4 N–H and O–H groups in total. The van der Waals surface area contributed by atoms with E-state index in [0.717, 1.165) is 4.90 Å². The number of nitroso groups, excluding NO2 is 1. The fraction of sp³-hybridized carbons (Fsp3) is 0.923. The van der Waals surface area contributed by atoms with Gasteiger partial charge in [-0.05, 0) is 5.92 Å². The molecule has 11 heteroatoms. The standard InChI is InChI=1S/C13H24ClN3O7/c1-7(2)5-16(13(22)17(15-23)4-3-14)12-11(21)10(20)9(19)8(6-18)24-12/h7-12,18-21H,3-6H2,1-2H3/t8-,9-,10+,11-,12-/m1/s1. The van der Waals surface area contributed by atoms with E-state index in [0.29, 0.717) is 5.01 Å². The molecule has 0 radical (unpaired) electrons. The van der Waals surface area contributed by atoms with Gasteiger partial charge in [0.05, 0.1) is 18.4 Å². The number of hydrogen-bond acceptors (Lipinski definition) is 8. The highest BCUT2D eigenvalue weighted by Gasteiger charge is 2.47. The van der Waals surface area contributed by atoms with Crippen molar-refractivity contribution >= 4 is 17.6 Å². The predicted octanol–water partition coefficient (Wildman–Crippen LogP) is -0.913. The number of hydrogen-bond donors (Lipinski definition) is 4. The molecule has 2 amide bonds. The second-order valence-corrected chi connectivity index (χ2v) is 6.32. The lowest BCUT2D eigenvalue weighted by Crippen LogP contribution is -2.65. The van der Waals surface area contributed by atoms with E-state index in [1.54, 1.807) is 13.8 Å². The van der Waals surface area contributed by atoms with Gasteiger partial charge in [-0.25, -0.2) is 4.79 Å². The first-order chi connectivity index (χ1) is 11.3. The number of carbonyl (C=O) groups is 1. The number of aliphatic hydroxyl groups is 4. The Balaban J connectivity index is 3.09. The SMILES string of the molecule is CC(C)CN(C(=O)N(CCCl)N=O)[C@@H]1O[C@H](CO)[C@@H](O)[C@H](O)[C@H]1O. The number of aliphatic hydroxyl groups excluding tert-OH is 4. The fourth-order valence-electron chi connectivity index (χ4n) is 2.42. The van der Waals surface area contributed by atoms with Crippen LogP contribution in [0, 0.1) is 10.8 Å². The Hall–Kier alpha value is -1.04. The number of ether oxygens (including phenoxy) is 1. The summed E-state index contributed by atoms with van der Waals surface area (Å²) in [5.41, 5.74) is 0. The lowest BCUT2D eigenvalue weighted by Gasteiger charge is -2.45. The molecule has 0 aromatic heterocycles. The zero-order valence-corrected chi connectivity index (χ0v) is 14.3. The molecule has 0 saturated carbocycles. The molecule has 5 atom stereocenters. The van der Waals surface area contributed by atoms with Gasteiger partial charge in [-0.15, -0.1) is 16.5 Å². The molecule has 0 bridgehead atoms. The van der Waals surface area contributed by atoms with Crippen LogP contribution < -0.4 is 0 Å². The number of rotatable bonds is 7. The highest BCUT2D eigenvalue weighted by Crippen LogP contribution is 2.25. The number of amides is 2. The van der Waals surface area contributed by atoms with E-state index >= 15 is 0 Å². The number of urea groups is 1. The Morgan fingerprint density at radius 2 is 1.88 bits per heavy atom. The highest BCUT2D eigenvalue weighted by atomic mass is 35.5. The van der Waals surface area contributed by atoms with E-state index in [9.17, 15) is 30.1 Å². The highest BCUT2D eigenvalue weighted by molar-refractivity contribution is 6.18. The van der Waals surface area contributed by atoms with Crippen LogP contribution in [0.2, 0.25) is 0 Å². The number of nitrogens with zero attached hydrogens (tertiary/aromatic N) is 3. The van der Waals surface area contributed by atoms with Gasteiger partial charge in [-0.3, -0.25) is 4.90 Å². The van der Waals surface area contributed by atoms with E-state index in [1.807, 2.05) is 0 Å².